The van der Waals surface area contributed by atoms with Gasteiger partial charge in [0.25, 0.3) is 0 Å². The molecule has 0 aromatic carbocycles. The van der Waals surface area contributed by atoms with Crippen molar-refractivity contribution in [2.75, 3.05) is 26.7 Å². The highest BCUT2D eigenvalue weighted by molar-refractivity contribution is 5.04. The first-order valence-electron chi connectivity index (χ1n) is 6.92. The largest absolute Gasteiger partial charge is 0.394 e. The van der Waals surface area contributed by atoms with Crippen LogP contribution < -0.4 is 5.73 Å². The van der Waals surface area contributed by atoms with Crippen LogP contribution in [0.4, 0.5) is 0 Å². The van der Waals surface area contributed by atoms with Gasteiger partial charge in [0.1, 0.15) is 12.2 Å². The monoisotopic (exact) mass is 281 g/mol. The lowest BCUT2D eigenvalue weighted by Gasteiger charge is -2.29. The van der Waals surface area contributed by atoms with Gasteiger partial charge in [0, 0.05) is 31.4 Å². The minimum absolute atomic E-state index is 0.192. The van der Waals surface area contributed by atoms with E-state index in [-0.39, 0.29) is 18.8 Å². The summed E-state index contributed by atoms with van der Waals surface area (Å²) in [7, 11) is 1.93. The zero-order chi connectivity index (χ0) is 14.5. The van der Waals surface area contributed by atoms with Crippen molar-refractivity contribution in [3.8, 4) is 0 Å². The second-order valence-corrected chi connectivity index (χ2v) is 5.16. The van der Waals surface area contributed by atoms with Crippen molar-refractivity contribution < 1.29 is 14.9 Å². The second-order valence-electron chi connectivity index (χ2n) is 5.16. The van der Waals surface area contributed by atoms with Crippen LogP contribution in [0.25, 0.3) is 0 Å². The molecular weight excluding hydrogens is 258 g/mol. The van der Waals surface area contributed by atoms with E-state index in [0.717, 1.165) is 18.7 Å². The smallest absolute Gasteiger partial charge is 0.109 e. The number of aromatic nitrogens is 1. The molecular formula is C14H23N3O3. The molecule has 4 N–H and O–H groups in total. The molecule has 1 aromatic heterocycles. The van der Waals surface area contributed by atoms with E-state index >= 15 is 0 Å². The zero-order valence-corrected chi connectivity index (χ0v) is 11.7. The van der Waals surface area contributed by atoms with Gasteiger partial charge in [-0.15, -0.1) is 0 Å². The third kappa shape index (κ3) is 3.34. The fraction of sp³-hybridized carbons (Fsp3) is 0.643. The molecule has 0 amide bonds. The molecule has 0 saturated carbocycles. The zero-order valence-electron chi connectivity index (χ0n) is 11.7. The van der Waals surface area contributed by atoms with Gasteiger partial charge in [-0.2, -0.15) is 0 Å². The van der Waals surface area contributed by atoms with E-state index in [1.54, 1.807) is 6.20 Å². The topological polar surface area (TPSA) is 91.8 Å². The maximum atomic E-state index is 10.2. The fourth-order valence-electron chi connectivity index (χ4n) is 2.70. The molecule has 1 aliphatic heterocycles. The van der Waals surface area contributed by atoms with Crippen LogP contribution in [0.3, 0.4) is 0 Å². The highest BCUT2D eigenvalue weighted by Crippen LogP contribution is 2.24. The van der Waals surface area contributed by atoms with E-state index in [2.05, 4.69) is 4.98 Å². The molecule has 6 heteroatoms. The average molecular weight is 281 g/mol. The molecule has 1 fully saturated rings. The molecule has 0 aliphatic carbocycles. The standard InChI is InChI=1S/C14H23N3O3/c1-17(7-5-10-4-2-3-6-16-10)13-11(8-15)20-12(9-18)14(13)19/h2-4,6,11-14,18-19H,5,7-9,15H2,1H3. The molecule has 0 radical (unpaired) electrons. The molecule has 1 aromatic rings. The number of nitrogens with zero attached hydrogens (tertiary/aromatic N) is 2. The van der Waals surface area contributed by atoms with Crippen LogP contribution in [-0.2, 0) is 11.2 Å². The number of pyridine rings is 1. The number of likely N-dealkylation sites (N-methyl/N-ethyl adjacent to an activating group) is 1. The van der Waals surface area contributed by atoms with Crippen LogP contribution >= 0.6 is 0 Å². The van der Waals surface area contributed by atoms with Gasteiger partial charge in [0.05, 0.1) is 18.8 Å². The molecule has 2 rings (SSSR count). The van der Waals surface area contributed by atoms with Gasteiger partial charge < -0.3 is 20.7 Å². The summed E-state index contributed by atoms with van der Waals surface area (Å²) in [5.41, 5.74) is 6.70. The Kier molecular flexibility index (Phi) is 5.45. The molecule has 4 unspecified atom stereocenters. The van der Waals surface area contributed by atoms with Gasteiger partial charge in [-0.05, 0) is 19.2 Å². The van der Waals surface area contributed by atoms with Crippen LogP contribution in [0, 0.1) is 0 Å². The summed E-state index contributed by atoms with van der Waals surface area (Å²) < 4.78 is 5.58. The van der Waals surface area contributed by atoms with Crippen LogP contribution in [0.2, 0.25) is 0 Å². The molecule has 0 spiro atoms. The van der Waals surface area contributed by atoms with Gasteiger partial charge >= 0.3 is 0 Å². The van der Waals surface area contributed by atoms with Crippen molar-refractivity contribution >= 4 is 0 Å². The highest BCUT2D eigenvalue weighted by Gasteiger charge is 2.44. The second kappa shape index (κ2) is 7.10. The Morgan fingerprint density at radius 2 is 2.20 bits per heavy atom. The average Bonchev–Trinajstić information content (AvgIpc) is 2.82. The Hall–Kier alpha value is -1.05. The summed E-state index contributed by atoms with van der Waals surface area (Å²) >= 11 is 0. The number of rotatable bonds is 6. The Morgan fingerprint density at radius 1 is 1.40 bits per heavy atom. The highest BCUT2D eigenvalue weighted by atomic mass is 16.5. The lowest BCUT2D eigenvalue weighted by atomic mass is 10.0. The van der Waals surface area contributed by atoms with Crippen LogP contribution in [0.5, 0.6) is 0 Å². The number of ether oxygens (including phenoxy) is 1. The van der Waals surface area contributed by atoms with Crippen molar-refractivity contribution in [3.05, 3.63) is 30.1 Å². The number of aliphatic hydroxyl groups is 2. The van der Waals surface area contributed by atoms with Crippen molar-refractivity contribution in [1.29, 1.82) is 0 Å². The fourth-order valence-corrected chi connectivity index (χ4v) is 2.70. The Bertz CT molecular complexity index is 402. The van der Waals surface area contributed by atoms with Gasteiger partial charge in [-0.1, -0.05) is 6.07 Å². The number of nitrogens with two attached hydrogens (primary N) is 1. The Balaban J connectivity index is 1.95. The third-order valence-corrected chi connectivity index (χ3v) is 3.83. The molecule has 1 saturated heterocycles. The van der Waals surface area contributed by atoms with E-state index in [1.807, 2.05) is 30.1 Å². The summed E-state index contributed by atoms with van der Waals surface area (Å²) in [6.45, 7) is 0.880. The van der Waals surface area contributed by atoms with Crippen LogP contribution in [0.15, 0.2) is 24.4 Å². The number of aliphatic hydroxyl groups excluding tert-OH is 2. The molecule has 1 aliphatic rings. The summed E-state index contributed by atoms with van der Waals surface area (Å²) in [5.74, 6) is 0. The van der Waals surface area contributed by atoms with Crippen molar-refractivity contribution in [2.24, 2.45) is 5.73 Å². The maximum absolute atomic E-state index is 10.2. The van der Waals surface area contributed by atoms with E-state index < -0.39 is 12.2 Å². The minimum atomic E-state index is -0.720. The molecule has 2 heterocycles. The molecule has 20 heavy (non-hydrogen) atoms. The Morgan fingerprint density at radius 3 is 2.80 bits per heavy atom. The minimum Gasteiger partial charge on any atom is -0.394 e. The first-order valence-corrected chi connectivity index (χ1v) is 6.92. The predicted molar refractivity (Wildman–Crippen MR) is 75.2 cm³/mol. The lowest BCUT2D eigenvalue weighted by Crippen LogP contribution is -2.49. The first kappa shape index (κ1) is 15.3. The van der Waals surface area contributed by atoms with Gasteiger partial charge in [-0.25, -0.2) is 0 Å². The van der Waals surface area contributed by atoms with Gasteiger partial charge in [0.15, 0.2) is 0 Å². The van der Waals surface area contributed by atoms with Crippen molar-refractivity contribution in [2.45, 2.75) is 30.8 Å². The molecule has 6 nitrogen and oxygen atoms in total. The lowest BCUT2D eigenvalue weighted by molar-refractivity contribution is -0.0193. The number of hydrogen-bond donors (Lipinski definition) is 3. The molecule has 0 bridgehead atoms. The molecule has 112 valence electrons. The van der Waals surface area contributed by atoms with E-state index in [4.69, 9.17) is 10.5 Å². The van der Waals surface area contributed by atoms with Crippen molar-refractivity contribution in [3.63, 3.8) is 0 Å². The maximum Gasteiger partial charge on any atom is 0.109 e. The van der Waals surface area contributed by atoms with Crippen LogP contribution in [0.1, 0.15) is 5.69 Å². The summed E-state index contributed by atoms with van der Waals surface area (Å²) in [4.78, 5) is 6.32. The van der Waals surface area contributed by atoms with E-state index in [0.29, 0.717) is 6.54 Å². The predicted octanol–water partition coefficient (Wildman–Crippen LogP) is -0.996. The quantitative estimate of drug-likeness (QED) is 0.620. The van der Waals surface area contributed by atoms with Gasteiger partial charge in [-0.3, -0.25) is 9.88 Å². The number of hydrogen-bond acceptors (Lipinski definition) is 6. The van der Waals surface area contributed by atoms with Gasteiger partial charge in [0.2, 0.25) is 0 Å². The molecule has 4 atom stereocenters. The normalized spacial score (nSPS) is 30.1. The van der Waals surface area contributed by atoms with E-state index in [1.165, 1.54) is 0 Å². The van der Waals surface area contributed by atoms with Crippen LogP contribution in [-0.4, -0.2) is 71.2 Å². The first-order chi connectivity index (χ1) is 9.67. The summed E-state index contributed by atoms with van der Waals surface area (Å²) in [6, 6.07) is 5.63. The van der Waals surface area contributed by atoms with Crippen molar-refractivity contribution in [1.82, 2.24) is 9.88 Å². The van der Waals surface area contributed by atoms with E-state index in [9.17, 15) is 10.2 Å². The Labute approximate surface area is 119 Å². The third-order valence-electron chi connectivity index (χ3n) is 3.83. The SMILES string of the molecule is CN(CCc1ccccn1)C1C(CN)OC(CO)C1O. The summed E-state index contributed by atoms with van der Waals surface area (Å²) in [5, 5.41) is 19.4. The summed E-state index contributed by atoms with van der Waals surface area (Å²) in [6.07, 6.45) is 1.04.